The monoisotopic (exact) mass is 559 g/mol. The molecule has 0 aromatic heterocycles. The van der Waals surface area contributed by atoms with Gasteiger partial charge in [-0.05, 0) is 101 Å². The Morgan fingerprint density at radius 2 is 1.98 bits per heavy atom. The molecule has 1 spiro atoms. The number of hydrogen-bond donors (Lipinski definition) is 2. The second-order valence-corrected chi connectivity index (χ2v) is 11.5. The summed E-state index contributed by atoms with van der Waals surface area (Å²) in [4.78, 5) is 33.5. The summed E-state index contributed by atoms with van der Waals surface area (Å²) >= 11 is 0. The van der Waals surface area contributed by atoms with Crippen molar-refractivity contribution >= 4 is 18.5 Å². The fraction of sp³-hybridized carbons (Fsp3) is 0.633. The van der Waals surface area contributed by atoms with E-state index in [2.05, 4.69) is 39.1 Å². The maximum atomic E-state index is 13.4. The molecule has 0 radical (unpaired) electrons. The van der Waals surface area contributed by atoms with E-state index in [0.717, 1.165) is 76.9 Å². The standard InChI is InChI=1S/C30H43F2N5O3/c1-22-6-3-4-13-37(22)29(39)23-17-30(18-23)10-14-36(15-11-30)12-5-7-25(19-33-2)35-28(38)20-40-21-34-24-8-9-26(31)27(32)16-24/h5,7-9,16,19,22-23,26-27,34H,2-4,6,10-15,17-18,20-21H2,1H3,(H,35,38)/b7-5-,25-19+. The normalized spacial score (nSPS) is 27.4. The van der Waals surface area contributed by atoms with Crippen LogP contribution in [0.5, 0.6) is 0 Å². The predicted octanol–water partition coefficient (Wildman–Crippen LogP) is 3.79. The third-order valence-corrected chi connectivity index (χ3v) is 8.60. The number of nitrogens with one attached hydrogen (secondary N) is 2. The quantitative estimate of drug-likeness (QED) is 0.174. The van der Waals surface area contributed by atoms with Crippen LogP contribution in [0.2, 0.25) is 0 Å². The lowest BCUT2D eigenvalue weighted by molar-refractivity contribution is -0.149. The summed E-state index contributed by atoms with van der Waals surface area (Å²) in [6.45, 7) is 9.09. The Labute approximate surface area is 236 Å². The molecular weight excluding hydrogens is 516 g/mol. The average Bonchev–Trinajstić information content (AvgIpc) is 2.92. The van der Waals surface area contributed by atoms with Gasteiger partial charge in [0.25, 0.3) is 5.91 Å². The SMILES string of the molecule is C=N/C=C(\C=C/CN1CCC2(CC1)CC(C(=O)N1CCCCC1C)C2)NC(=O)COCNC1=CC(F)C(F)C=C1. The number of piperidine rings is 2. The molecule has 4 aliphatic rings. The first-order chi connectivity index (χ1) is 19.3. The molecule has 2 aliphatic carbocycles. The molecular formula is C30H43F2N5O3. The number of aliphatic imine (C=N–C) groups is 1. The summed E-state index contributed by atoms with van der Waals surface area (Å²) in [5.74, 6) is 0.226. The molecule has 2 heterocycles. The summed E-state index contributed by atoms with van der Waals surface area (Å²) in [6, 6.07) is 0.386. The van der Waals surface area contributed by atoms with Crippen molar-refractivity contribution in [1.29, 1.82) is 0 Å². The largest absolute Gasteiger partial charge is 0.363 e. The van der Waals surface area contributed by atoms with Gasteiger partial charge in [-0.25, -0.2) is 8.78 Å². The van der Waals surface area contributed by atoms with Crippen molar-refractivity contribution in [1.82, 2.24) is 20.4 Å². The summed E-state index contributed by atoms with van der Waals surface area (Å²) < 4.78 is 31.8. The zero-order valence-electron chi connectivity index (χ0n) is 23.5. The predicted molar refractivity (Wildman–Crippen MR) is 152 cm³/mol. The third-order valence-electron chi connectivity index (χ3n) is 8.60. The molecule has 0 aromatic rings. The molecule has 3 atom stereocenters. The highest BCUT2D eigenvalue weighted by Gasteiger charge is 2.49. The number of halogens is 2. The molecule has 10 heteroatoms. The highest BCUT2D eigenvalue weighted by molar-refractivity contribution is 5.80. The molecule has 8 nitrogen and oxygen atoms in total. The number of allylic oxidation sites excluding steroid dienone is 4. The number of nitrogens with zero attached hydrogens (tertiary/aromatic N) is 3. The number of carbonyl (C=O) groups is 2. The summed E-state index contributed by atoms with van der Waals surface area (Å²) in [7, 11) is 0. The summed E-state index contributed by atoms with van der Waals surface area (Å²) in [6.07, 6.45) is 13.4. The molecule has 1 saturated carbocycles. The molecule has 2 N–H and O–H groups in total. The number of alkyl halides is 2. The van der Waals surface area contributed by atoms with Gasteiger partial charge < -0.3 is 20.3 Å². The number of amides is 2. The smallest absolute Gasteiger partial charge is 0.250 e. The van der Waals surface area contributed by atoms with Crippen LogP contribution in [0.15, 0.2) is 53.0 Å². The minimum atomic E-state index is -1.69. The fourth-order valence-corrected chi connectivity index (χ4v) is 6.20. The van der Waals surface area contributed by atoms with Crippen LogP contribution < -0.4 is 10.6 Å². The Balaban J connectivity index is 1.12. The van der Waals surface area contributed by atoms with Gasteiger partial charge in [0.15, 0.2) is 12.3 Å². The molecule has 0 bridgehead atoms. The van der Waals surface area contributed by atoms with Gasteiger partial charge >= 0.3 is 0 Å². The van der Waals surface area contributed by atoms with Gasteiger partial charge in [0.1, 0.15) is 13.3 Å². The molecule has 3 fully saturated rings. The first-order valence-corrected chi connectivity index (χ1v) is 14.4. The second kappa shape index (κ2) is 14.2. The molecule has 2 amide bonds. The van der Waals surface area contributed by atoms with Crippen LogP contribution in [0.3, 0.4) is 0 Å². The summed E-state index contributed by atoms with van der Waals surface area (Å²) in [5.41, 5.74) is 1.24. The number of carbonyl (C=O) groups excluding carboxylic acids is 2. The molecule has 220 valence electrons. The lowest BCUT2D eigenvalue weighted by Gasteiger charge is -2.53. The van der Waals surface area contributed by atoms with Crippen LogP contribution in [0.25, 0.3) is 0 Å². The van der Waals surface area contributed by atoms with Gasteiger partial charge in [-0.3, -0.25) is 19.5 Å². The van der Waals surface area contributed by atoms with E-state index in [-0.39, 0.29) is 25.2 Å². The van der Waals surface area contributed by atoms with Gasteiger partial charge in [0.05, 0.1) is 5.70 Å². The Hall–Kier alpha value is -2.85. The molecule has 2 saturated heterocycles. The zero-order valence-corrected chi connectivity index (χ0v) is 23.5. The lowest BCUT2D eigenvalue weighted by atomic mass is 9.57. The maximum absolute atomic E-state index is 13.4. The highest BCUT2D eigenvalue weighted by atomic mass is 19.2. The van der Waals surface area contributed by atoms with Crippen molar-refractivity contribution < 1.29 is 23.1 Å². The second-order valence-electron chi connectivity index (χ2n) is 11.5. The van der Waals surface area contributed by atoms with E-state index >= 15 is 0 Å². The van der Waals surface area contributed by atoms with Gasteiger partial charge in [0.2, 0.25) is 5.91 Å². The Morgan fingerprint density at radius 1 is 1.20 bits per heavy atom. The van der Waals surface area contributed by atoms with E-state index in [1.165, 1.54) is 18.7 Å². The van der Waals surface area contributed by atoms with E-state index < -0.39 is 12.3 Å². The number of hydrogen-bond acceptors (Lipinski definition) is 6. The van der Waals surface area contributed by atoms with Crippen LogP contribution in [-0.2, 0) is 14.3 Å². The fourth-order valence-electron chi connectivity index (χ4n) is 6.20. The van der Waals surface area contributed by atoms with Gasteiger partial charge in [-0.2, -0.15) is 0 Å². The molecule has 2 aliphatic heterocycles. The number of ether oxygens (including phenoxy) is 1. The van der Waals surface area contributed by atoms with Crippen LogP contribution >= 0.6 is 0 Å². The van der Waals surface area contributed by atoms with Crippen molar-refractivity contribution in [3.63, 3.8) is 0 Å². The van der Waals surface area contributed by atoms with E-state index in [9.17, 15) is 18.4 Å². The first kappa shape index (κ1) is 30.1. The molecule has 3 unspecified atom stereocenters. The van der Waals surface area contributed by atoms with Crippen molar-refractivity contribution in [2.45, 2.75) is 70.3 Å². The van der Waals surface area contributed by atoms with Gasteiger partial charge in [0, 0.05) is 36.9 Å². The third kappa shape index (κ3) is 8.10. The van der Waals surface area contributed by atoms with Crippen LogP contribution in [0, 0.1) is 11.3 Å². The van der Waals surface area contributed by atoms with Crippen LogP contribution in [-0.4, -0.2) is 86.2 Å². The highest BCUT2D eigenvalue weighted by Crippen LogP contribution is 2.53. The van der Waals surface area contributed by atoms with Gasteiger partial charge in [-0.15, -0.1) is 0 Å². The number of likely N-dealkylation sites (tertiary alicyclic amines) is 2. The molecule has 40 heavy (non-hydrogen) atoms. The van der Waals surface area contributed by atoms with Crippen molar-refractivity contribution in [3.8, 4) is 0 Å². The average molecular weight is 560 g/mol. The van der Waals surface area contributed by atoms with E-state index in [1.807, 2.05) is 6.08 Å². The minimum Gasteiger partial charge on any atom is -0.363 e. The van der Waals surface area contributed by atoms with E-state index in [1.54, 1.807) is 6.08 Å². The van der Waals surface area contributed by atoms with Gasteiger partial charge in [-0.1, -0.05) is 6.08 Å². The maximum Gasteiger partial charge on any atom is 0.250 e. The van der Waals surface area contributed by atoms with E-state index in [4.69, 9.17) is 4.74 Å². The van der Waals surface area contributed by atoms with Crippen LogP contribution in [0.1, 0.15) is 51.9 Å². The minimum absolute atomic E-state index is 0.0232. The lowest BCUT2D eigenvalue weighted by Crippen LogP contribution is -2.53. The Morgan fingerprint density at radius 3 is 2.67 bits per heavy atom. The Kier molecular flexibility index (Phi) is 10.7. The molecule has 4 rings (SSSR count). The zero-order chi connectivity index (χ0) is 28.5. The molecule has 0 aromatic carbocycles. The van der Waals surface area contributed by atoms with Crippen LogP contribution in [0.4, 0.5) is 8.78 Å². The van der Waals surface area contributed by atoms with E-state index in [0.29, 0.717) is 28.8 Å². The summed E-state index contributed by atoms with van der Waals surface area (Å²) in [5, 5.41) is 5.54. The topological polar surface area (TPSA) is 86.3 Å². The van der Waals surface area contributed by atoms with Crippen molar-refractivity contribution in [3.05, 3.63) is 48.0 Å². The van der Waals surface area contributed by atoms with Crippen molar-refractivity contribution in [2.75, 3.05) is 39.5 Å². The van der Waals surface area contributed by atoms with Crippen molar-refractivity contribution in [2.24, 2.45) is 16.3 Å². The Bertz CT molecular complexity index is 1030. The first-order valence-electron chi connectivity index (χ1n) is 14.4. The number of rotatable bonds is 11.